The molecule has 1 fully saturated rings. The number of benzene rings is 2. The molecule has 0 saturated carbocycles. The SMILES string of the molecule is CNC(=O)Nc1ccc(-c2ncc3c(n2)N2CCOCC2C(=O)N3Cc2ccc(C(=O)OC)cc2)cc1. The molecule has 0 aliphatic carbocycles. The fourth-order valence-electron chi connectivity index (χ4n) is 4.37. The zero-order valence-electron chi connectivity index (χ0n) is 20.4. The summed E-state index contributed by atoms with van der Waals surface area (Å²) >= 11 is 0. The number of morpholine rings is 1. The third-order valence-corrected chi connectivity index (χ3v) is 6.34. The first-order valence-corrected chi connectivity index (χ1v) is 11.8. The molecule has 2 aliphatic heterocycles. The second-order valence-electron chi connectivity index (χ2n) is 8.58. The van der Waals surface area contributed by atoms with Gasteiger partial charge in [-0.25, -0.2) is 19.6 Å². The van der Waals surface area contributed by atoms with Gasteiger partial charge in [-0.3, -0.25) is 4.79 Å². The minimum Gasteiger partial charge on any atom is -0.465 e. The number of urea groups is 1. The fourth-order valence-corrected chi connectivity index (χ4v) is 4.37. The standard InChI is InChI=1S/C26H26N6O5/c1-27-26(35)29-19-9-7-17(8-10-19)22-28-13-20-23(30-22)31-11-12-37-15-21(31)24(33)32(20)14-16-3-5-18(6-4-16)25(34)36-2/h3-10,13,21H,11-12,14-15H2,1-2H3,(H2,27,29,35). The molecule has 0 radical (unpaired) electrons. The van der Waals surface area contributed by atoms with Crippen molar-refractivity contribution < 1.29 is 23.9 Å². The Morgan fingerprint density at radius 2 is 1.89 bits per heavy atom. The van der Waals surface area contributed by atoms with Crippen LogP contribution in [0.25, 0.3) is 11.4 Å². The van der Waals surface area contributed by atoms with Crippen LogP contribution in [0.1, 0.15) is 15.9 Å². The molecule has 2 N–H and O–H groups in total. The van der Waals surface area contributed by atoms with E-state index in [2.05, 4.69) is 15.6 Å². The predicted molar refractivity (Wildman–Crippen MR) is 136 cm³/mol. The summed E-state index contributed by atoms with van der Waals surface area (Å²) in [6, 6.07) is 13.4. The Bertz CT molecular complexity index is 1330. The van der Waals surface area contributed by atoms with Crippen LogP contribution in [0.15, 0.2) is 54.7 Å². The molecule has 37 heavy (non-hydrogen) atoms. The van der Waals surface area contributed by atoms with Gasteiger partial charge in [0.25, 0.3) is 5.91 Å². The maximum absolute atomic E-state index is 13.5. The van der Waals surface area contributed by atoms with Crippen molar-refractivity contribution in [1.29, 1.82) is 0 Å². The average Bonchev–Trinajstić information content (AvgIpc) is 2.95. The fraction of sp³-hybridized carbons (Fsp3) is 0.269. The van der Waals surface area contributed by atoms with E-state index in [0.717, 1.165) is 11.1 Å². The number of methoxy groups -OCH3 is 1. The molecule has 11 heteroatoms. The molecule has 0 spiro atoms. The number of carbonyl (C=O) groups is 3. The van der Waals surface area contributed by atoms with Gasteiger partial charge in [0.15, 0.2) is 11.6 Å². The van der Waals surface area contributed by atoms with Crippen LogP contribution in [-0.4, -0.2) is 67.8 Å². The van der Waals surface area contributed by atoms with Gasteiger partial charge in [-0.15, -0.1) is 0 Å². The molecule has 3 amide bonds. The van der Waals surface area contributed by atoms with Crippen LogP contribution >= 0.6 is 0 Å². The Hall–Kier alpha value is -4.51. The van der Waals surface area contributed by atoms with E-state index in [9.17, 15) is 14.4 Å². The quantitative estimate of drug-likeness (QED) is 0.510. The zero-order chi connectivity index (χ0) is 25.9. The Morgan fingerprint density at radius 3 is 2.59 bits per heavy atom. The predicted octanol–water partition coefficient (Wildman–Crippen LogP) is 2.43. The van der Waals surface area contributed by atoms with E-state index in [1.54, 1.807) is 54.5 Å². The maximum atomic E-state index is 13.5. The highest BCUT2D eigenvalue weighted by Gasteiger charge is 2.41. The second kappa shape index (κ2) is 10.2. The summed E-state index contributed by atoms with van der Waals surface area (Å²) < 4.78 is 10.4. The molecule has 3 aromatic rings. The summed E-state index contributed by atoms with van der Waals surface area (Å²) in [6.07, 6.45) is 1.67. The van der Waals surface area contributed by atoms with E-state index in [1.807, 2.05) is 17.0 Å². The summed E-state index contributed by atoms with van der Waals surface area (Å²) in [5.41, 5.74) is 3.32. The van der Waals surface area contributed by atoms with Crippen LogP contribution in [0.2, 0.25) is 0 Å². The number of rotatable bonds is 5. The summed E-state index contributed by atoms with van der Waals surface area (Å²) in [5.74, 6) is 0.661. The van der Waals surface area contributed by atoms with E-state index >= 15 is 0 Å². The number of amides is 3. The molecule has 2 aromatic carbocycles. The second-order valence-corrected chi connectivity index (χ2v) is 8.58. The Labute approximate surface area is 213 Å². The molecular weight excluding hydrogens is 476 g/mol. The lowest BCUT2D eigenvalue weighted by molar-refractivity contribution is -0.122. The topological polar surface area (TPSA) is 126 Å². The maximum Gasteiger partial charge on any atom is 0.337 e. The number of hydrogen-bond acceptors (Lipinski definition) is 8. The van der Waals surface area contributed by atoms with E-state index in [1.165, 1.54) is 7.11 Å². The zero-order valence-corrected chi connectivity index (χ0v) is 20.4. The first kappa shape index (κ1) is 24.2. The summed E-state index contributed by atoms with van der Waals surface area (Å²) in [7, 11) is 2.89. The van der Waals surface area contributed by atoms with Crippen molar-refractivity contribution in [3.8, 4) is 11.4 Å². The van der Waals surface area contributed by atoms with Crippen LogP contribution in [0.4, 0.5) is 22.0 Å². The molecular formula is C26H26N6O5. The number of anilines is 3. The van der Waals surface area contributed by atoms with Crippen molar-refractivity contribution in [2.45, 2.75) is 12.6 Å². The van der Waals surface area contributed by atoms with Crippen LogP contribution in [-0.2, 0) is 20.8 Å². The molecule has 2 aliphatic rings. The van der Waals surface area contributed by atoms with E-state index in [-0.39, 0.29) is 18.5 Å². The summed E-state index contributed by atoms with van der Waals surface area (Å²) in [5, 5.41) is 5.23. The van der Waals surface area contributed by atoms with Crippen molar-refractivity contribution in [2.24, 2.45) is 0 Å². The molecule has 1 unspecified atom stereocenters. The van der Waals surface area contributed by atoms with Crippen molar-refractivity contribution in [3.05, 3.63) is 65.9 Å². The van der Waals surface area contributed by atoms with Crippen LogP contribution in [0, 0.1) is 0 Å². The highest BCUT2D eigenvalue weighted by atomic mass is 16.5. The van der Waals surface area contributed by atoms with E-state index in [4.69, 9.17) is 14.5 Å². The third-order valence-electron chi connectivity index (χ3n) is 6.34. The van der Waals surface area contributed by atoms with Gasteiger partial charge in [0.05, 0.1) is 38.6 Å². The van der Waals surface area contributed by atoms with Gasteiger partial charge in [-0.1, -0.05) is 12.1 Å². The average molecular weight is 503 g/mol. The molecule has 5 rings (SSSR count). The number of aromatic nitrogens is 2. The van der Waals surface area contributed by atoms with Crippen LogP contribution < -0.4 is 20.4 Å². The van der Waals surface area contributed by atoms with Gasteiger partial charge >= 0.3 is 12.0 Å². The molecule has 1 saturated heterocycles. The first-order valence-electron chi connectivity index (χ1n) is 11.8. The number of hydrogen-bond donors (Lipinski definition) is 2. The van der Waals surface area contributed by atoms with Crippen molar-refractivity contribution in [2.75, 3.05) is 49.0 Å². The van der Waals surface area contributed by atoms with Gasteiger partial charge in [0.1, 0.15) is 11.7 Å². The van der Waals surface area contributed by atoms with Crippen LogP contribution in [0.5, 0.6) is 0 Å². The largest absolute Gasteiger partial charge is 0.465 e. The lowest BCUT2D eigenvalue weighted by atomic mass is 10.1. The van der Waals surface area contributed by atoms with Crippen molar-refractivity contribution >= 4 is 35.1 Å². The third kappa shape index (κ3) is 4.81. The normalized spacial score (nSPS) is 16.5. The van der Waals surface area contributed by atoms with Gasteiger partial charge in [0, 0.05) is 24.8 Å². The Kier molecular flexibility index (Phi) is 6.69. The van der Waals surface area contributed by atoms with E-state index < -0.39 is 12.0 Å². The minimum absolute atomic E-state index is 0.0924. The molecule has 1 atom stereocenters. The number of carbonyl (C=O) groups excluding carboxylic acids is 3. The number of ether oxygens (including phenoxy) is 2. The van der Waals surface area contributed by atoms with Gasteiger partial charge in [0.2, 0.25) is 0 Å². The monoisotopic (exact) mass is 502 g/mol. The molecule has 1 aromatic heterocycles. The minimum atomic E-state index is -0.488. The van der Waals surface area contributed by atoms with Crippen molar-refractivity contribution in [1.82, 2.24) is 15.3 Å². The van der Waals surface area contributed by atoms with Crippen LogP contribution in [0.3, 0.4) is 0 Å². The number of nitrogens with zero attached hydrogens (tertiary/aromatic N) is 4. The molecule has 11 nitrogen and oxygen atoms in total. The van der Waals surface area contributed by atoms with Gasteiger partial charge in [-0.05, 0) is 42.0 Å². The van der Waals surface area contributed by atoms with Crippen molar-refractivity contribution in [3.63, 3.8) is 0 Å². The summed E-state index contributed by atoms with van der Waals surface area (Å²) in [4.78, 5) is 49.9. The lowest BCUT2D eigenvalue weighted by Crippen LogP contribution is -2.58. The molecule has 0 bridgehead atoms. The van der Waals surface area contributed by atoms with Gasteiger partial charge in [-0.2, -0.15) is 0 Å². The van der Waals surface area contributed by atoms with Gasteiger partial charge < -0.3 is 29.9 Å². The number of fused-ring (bicyclic) bond motifs is 3. The highest BCUT2D eigenvalue weighted by Crippen LogP contribution is 2.37. The Balaban J connectivity index is 1.46. The summed E-state index contributed by atoms with van der Waals surface area (Å²) in [6.45, 7) is 1.60. The van der Waals surface area contributed by atoms with E-state index in [0.29, 0.717) is 48.3 Å². The lowest BCUT2D eigenvalue weighted by Gasteiger charge is -2.43. The molecule has 190 valence electrons. The number of esters is 1. The Morgan fingerprint density at radius 1 is 1.14 bits per heavy atom. The molecule has 3 heterocycles. The number of nitrogens with one attached hydrogen (secondary N) is 2. The first-order chi connectivity index (χ1) is 18.0. The highest BCUT2D eigenvalue weighted by molar-refractivity contribution is 6.05. The smallest absolute Gasteiger partial charge is 0.337 e.